The van der Waals surface area contributed by atoms with Gasteiger partial charge >= 0.3 is 0 Å². The molecule has 3 fully saturated rings. The fraction of sp³-hybridized carbons (Fsp3) is 1.00. The van der Waals surface area contributed by atoms with Crippen molar-refractivity contribution in [1.29, 1.82) is 0 Å². The first-order chi connectivity index (χ1) is 8.31. The third-order valence-electron chi connectivity index (χ3n) is 5.37. The first-order valence-electron chi connectivity index (χ1n) is 7.31. The molecule has 0 radical (unpaired) electrons. The Morgan fingerprint density at radius 3 is 2.65 bits per heavy atom. The van der Waals surface area contributed by atoms with Crippen molar-refractivity contribution in [2.45, 2.75) is 50.2 Å². The Hall–Kier alpha value is -0.120. The van der Waals surface area contributed by atoms with Gasteiger partial charge < -0.3 is 15.4 Å². The summed E-state index contributed by atoms with van der Waals surface area (Å²) in [6.45, 7) is 3.26. The van der Waals surface area contributed by atoms with Gasteiger partial charge in [-0.05, 0) is 57.0 Å². The number of fused-ring (bicyclic) bond motifs is 2. The van der Waals surface area contributed by atoms with E-state index in [1.165, 1.54) is 25.7 Å². The van der Waals surface area contributed by atoms with Gasteiger partial charge in [-0.25, -0.2) is 0 Å². The number of rotatable bonds is 4. The molecule has 3 rings (SSSR count). The maximum absolute atomic E-state index is 5.82. The predicted molar refractivity (Wildman–Crippen MR) is 69.1 cm³/mol. The molecule has 0 amide bonds. The number of piperidine rings is 1. The Balaban J connectivity index is 1.52. The lowest BCUT2D eigenvalue weighted by molar-refractivity contribution is -0.0351. The summed E-state index contributed by atoms with van der Waals surface area (Å²) in [5, 5.41) is 7.24. The number of methoxy groups -OCH3 is 1. The van der Waals surface area contributed by atoms with Gasteiger partial charge in [0.1, 0.15) is 0 Å². The second kappa shape index (κ2) is 4.87. The van der Waals surface area contributed by atoms with E-state index in [4.69, 9.17) is 4.74 Å². The molecule has 3 unspecified atom stereocenters. The largest absolute Gasteiger partial charge is 0.377 e. The summed E-state index contributed by atoms with van der Waals surface area (Å²) >= 11 is 0. The van der Waals surface area contributed by atoms with E-state index in [-0.39, 0.29) is 5.60 Å². The fourth-order valence-electron chi connectivity index (χ4n) is 4.15. The molecular weight excluding hydrogens is 212 g/mol. The topological polar surface area (TPSA) is 33.3 Å². The Kier molecular flexibility index (Phi) is 3.42. The van der Waals surface area contributed by atoms with Crippen LogP contribution in [-0.2, 0) is 4.74 Å². The third kappa shape index (κ3) is 2.38. The van der Waals surface area contributed by atoms with E-state index >= 15 is 0 Å². The molecule has 3 aliphatic rings. The number of nitrogens with one attached hydrogen (secondary N) is 2. The molecule has 3 nitrogen and oxygen atoms in total. The first-order valence-corrected chi connectivity index (χ1v) is 7.31. The average molecular weight is 238 g/mol. The lowest BCUT2D eigenvalue weighted by atomic mass is 9.90. The molecule has 98 valence electrons. The monoisotopic (exact) mass is 238 g/mol. The number of hydrogen-bond acceptors (Lipinski definition) is 3. The van der Waals surface area contributed by atoms with Crippen molar-refractivity contribution in [3.63, 3.8) is 0 Å². The summed E-state index contributed by atoms with van der Waals surface area (Å²) in [7, 11) is 1.88. The van der Waals surface area contributed by atoms with Crippen molar-refractivity contribution < 1.29 is 4.74 Å². The standard InChI is InChI=1S/C14H26N2O/c1-17-14(4-6-15-7-5-14)10-16-13-9-11-2-3-12(13)8-11/h11-13,15-16H,2-10H2,1H3. The molecule has 2 saturated carbocycles. The molecule has 17 heavy (non-hydrogen) atoms. The number of hydrogen-bond donors (Lipinski definition) is 2. The van der Waals surface area contributed by atoms with Crippen LogP contribution in [-0.4, -0.2) is 38.4 Å². The Morgan fingerprint density at radius 2 is 2.06 bits per heavy atom. The van der Waals surface area contributed by atoms with Crippen LogP contribution in [0.25, 0.3) is 0 Å². The highest BCUT2D eigenvalue weighted by Crippen LogP contribution is 2.44. The van der Waals surface area contributed by atoms with Gasteiger partial charge in [0.25, 0.3) is 0 Å². The minimum Gasteiger partial charge on any atom is -0.377 e. The smallest absolute Gasteiger partial charge is 0.0826 e. The maximum Gasteiger partial charge on any atom is 0.0826 e. The SMILES string of the molecule is COC1(CNC2CC3CCC2C3)CCNCC1. The van der Waals surface area contributed by atoms with E-state index in [1.807, 2.05) is 7.11 Å². The van der Waals surface area contributed by atoms with Crippen LogP contribution in [0.2, 0.25) is 0 Å². The van der Waals surface area contributed by atoms with Gasteiger partial charge in [0.2, 0.25) is 0 Å². The highest BCUT2D eigenvalue weighted by Gasteiger charge is 2.41. The fourth-order valence-corrected chi connectivity index (χ4v) is 4.15. The Bertz CT molecular complexity index is 263. The van der Waals surface area contributed by atoms with Crippen molar-refractivity contribution in [1.82, 2.24) is 10.6 Å². The zero-order valence-corrected chi connectivity index (χ0v) is 11.0. The summed E-state index contributed by atoms with van der Waals surface area (Å²) in [5.74, 6) is 2.00. The van der Waals surface area contributed by atoms with Gasteiger partial charge in [0.15, 0.2) is 0 Å². The van der Waals surface area contributed by atoms with Gasteiger partial charge in [0.05, 0.1) is 5.60 Å². The molecule has 0 spiro atoms. The van der Waals surface area contributed by atoms with E-state index in [2.05, 4.69) is 10.6 Å². The van der Waals surface area contributed by atoms with Crippen LogP contribution < -0.4 is 10.6 Å². The van der Waals surface area contributed by atoms with Crippen molar-refractivity contribution in [3.8, 4) is 0 Å². The maximum atomic E-state index is 5.82. The summed E-state index contributed by atoms with van der Waals surface area (Å²) in [5.41, 5.74) is 0.104. The van der Waals surface area contributed by atoms with Crippen molar-refractivity contribution in [2.75, 3.05) is 26.7 Å². The van der Waals surface area contributed by atoms with Crippen LogP contribution in [0.4, 0.5) is 0 Å². The summed E-state index contributed by atoms with van der Waals surface area (Å²) in [6.07, 6.45) is 8.16. The van der Waals surface area contributed by atoms with Gasteiger partial charge in [-0.2, -0.15) is 0 Å². The lowest BCUT2D eigenvalue weighted by Gasteiger charge is -2.38. The van der Waals surface area contributed by atoms with E-state index in [0.717, 1.165) is 50.4 Å². The van der Waals surface area contributed by atoms with Crippen LogP contribution in [0.1, 0.15) is 38.5 Å². The molecule has 2 bridgehead atoms. The Labute approximate surface area is 105 Å². The summed E-state index contributed by atoms with van der Waals surface area (Å²) in [4.78, 5) is 0. The van der Waals surface area contributed by atoms with E-state index in [9.17, 15) is 0 Å². The van der Waals surface area contributed by atoms with E-state index in [0.29, 0.717) is 0 Å². The highest BCUT2D eigenvalue weighted by atomic mass is 16.5. The zero-order valence-electron chi connectivity index (χ0n) is 11.0. The molecule has 0 aromatic carbocycles. The van der Waals surface area contributed by atoms with Gasteiger partial charge in [-0.15, -0.1) is 0 Å². The van der Waals surface area contributed by atoms with Crippen LogP contribution in [0.5, 0.6) is 0 Å². The predicted octanol–water partition coefficient (Wildman–Crippen LogP) is 1.53. The second-order valence-electron chi connectivity index (χ2n) is 6.30. The molecule has 2 N–H and O–H groups in total. The van der Waals surface area contributed by atoms with E-state index in [1.54, 1.807) is 0 Å². The highest BCUT2D eigenvalue weighted by molar-refractivity contribution is 4.96. The molecule has 1 aliphatic heterocycles. The van der Waals surface area contributed by atoms with Crippen LogP contribution in [0, 0.1) is 11.8 Å². The van der Waals surface area contributed by atoms with Gasteiger partial charge in [-0.3, -0.25) is 0 Å². The van der Waals surface area contributed by atoms with Crippen molar-refractivity contribution in [2.24, 2.45) is 11.8 Å². The lowest BCUT2D eigenvalue weighted by Crippen LogP contribution is -2.52. The normalized spacial score (nSPS) is 39.7. The van der Waals surface area contributed by atoms with Crippen molar-refractivity contribution in [3.05, 3.63) is 0 Å². The van der Waals surface area contributed by atoms with Crippen molar-refractivity contribution >= 4 is 0 Å². The quantitative estimate of drug-likeness (QED) is 0.779. The molecule has 3 heteroatoms. The third-order valence-corrected chi connectivity index (χ3v) is 5.37. The van der Waals surface area contributed by atoms with Crippen LogP contribution in [0.15, 0.2) is 0 Å². The minimum absolute atomic E-state index is 0.104. The molecule has 1 saturated heterocycles. The Morgan fingerprint density at radius 1 is 1.24 bits per heavy atom. The molecule has 0 aromatic rings. The zero-order chi connectivity index (χ0) is 11.7. The van der Waals surface area contributed by atoms with E-state index < -0.39 is 0 Å². The molecule has 3 atom stereocenters. The summed E-state index contributed by atoms with van der Waals surface area (Å²) in [6, 6.07) is 0.788. The minimum atomic E-state index is 0.104. The number of ether oxygens (including phenoxy) is 1. The summed E-state index contributed by atoms with van der Waals surface area (Å²) < 4.78 is 5.82. The average Bonchev–Trinajstić information content (AvgIpc) is 3.00. The molecule has 0 aromatic heterocycles. The second-order valence-corrected chi connectivity index (χ2v) is 6.30. The molecular formula is C14H26N2O. The van der Waals surface area contributed by atoms with Crippen LogP contribution >= 0.6 is 0 Å². The van der Waals surface area contributed by atoms with Crippen LogP contribution in [0.3, 0.4) is 0 Å². The molecule has 2 aliphatic carbocycles. The first kappa shape index (κ1) is 11.9. The molecule has 1 heterocycles. The van der Waals surface area contributed by atoms with Gasteiger partial charge in [-0.1, -0.05) is 6.42 Å². The van der Waals surface area contributed by atoms with Gasteiger partial charge in [0, 0.05) is 19.7 Å².